The summed E-state index contributed by atoms with van der Waals surface area (Å²) < 4.78 is 35.5. The van der Waals surface area contributed by atoms with Crippen molar-refractivity contribution in [3.05, 3.63) is 125 Å². The number of aryl methyl sites for hydroxylation is 2. The average molecular weight is 600 g/mol. The van der Waals surface area contributed by atoms with E-state index in [-0.39, 0.29) is 22.9 Å². The number of nitrogens with one attached hydrogen (secondary N) is 1. The Morgan fingerprint density at radius 3 is 2.09 bits per heavy atom. The first-order chi connectivity index (χ1) is 20.8. The highest BCUT2D eigenvalue weighted by atomic mass is 32.2. The Morgan fingerprint density at radius 1 is 0.953 bits per heavy atom. The van der Waals surface area contributed by atoms with E-state index in [1.807, 2.05) is 55.5 Å². The number of aliphatic hydroxyl groups excluding tert-OH is 1. The molecule has 0 radical (unpaired) electrons. The summed E-state index contributed by atoms with van der Waals surface area (Å²) in [4.78, 5) is 18.0. The number of hydrogen-bond donors (Lipinski definition) is 2. The summed E-state index contributed by atoms with van der Waals surface area (Å²) in [5, 5.41) is 11.5. The van der Waals surface area contributed by atoms with E-state index < -0.39 is 27.5 Å². The molecule has 43 heavy (non-hydrogen) atoms. The molecule has 1 aromatic heterocycles. The maximum absolute atomic E-state index is 13.9. The first kappa shape index (κ1) is 30.3. The lowest BCUT2D eigenvalue weighted by molar-refractivity contribution is -0.161. The largest absolute Gasteiger partial charge is 0.512 e. The minimum atomic E-state index is -3.85. The Bertz CT molecular complexity index is 1650. The van der Waals surface area contributed by atoms with Crippen molar-refractivity contribution in [1.82, 2.24) is 14.3 Å². The fraction of sp³-hybridized carbons (Fsp3) is 0.294. The first-order valence-electron chi connectivity index (χ1n) is 14.6. The van der Waals surface area contributed by atoms with Crippen molar-refractivity contribution in [3.8, 4) is 5.69 Å². The molecule has 0 saturated heterocycles. The number of para-hydroxylation sites is 1. The van der Waals surface area contributed by atoms with Crippen LogP contribution >= 0.6 is 0 Å². The van der Waals surface area contributed by atoms with Gasteiger partial charge in [-0.2, -0.15) is 0 Å². The van der Waals surface area contributed by atoms with Gasteiger partial charge in [-0.3, -0.25) is 4.57 Å². The van der Waals surface area contributed by atoms with Crippen molar-refractivity contribution >= 4 is 16.0 Å². The molecular weight excluding hydrogens is 562 g/mol. The van der Waals surface area contributed by atoms with Gasteiger partial charge in [0.15, 0.2) is 0 Å². The van der Waals surface area contributed by atoms with Crippen molar-refractivity contribution in [2.75, 3.05) is 7.05 Å². The fourth-order valence-electron chi connectivity index (χ4n) is 5.93. The molecule has 1 aliphatic rings. The van der Waals surface area contributed by atoms with E-state index in [1.165, 1.54) is 17.8 Å². The number of sulfonamides is 1. The van der Waals surface area contributed by atoms with Crippen LogP contribution in [0.3, 0.4) is 0 Å². The molecule has 1 unspecified atom stereocenters. The van der Waals surface area contributed by atoms with E-state index in [0.717, 1.165) is 11.1 Å². The van der Waals surface area contributed by atoms with Crippen LogP contribution in [0.2, 0.25) is 0 Å². The smallest absolute Gasteiger partial charge is 0.338 e. The number of esters is 1. The standard InChI is InChI=1S/C34H37N3O5S/c1-3-27(28-16-10-11-17-29(28)37-23-22-36-33(37)43(40,41)35-2)31-30(38)24-34(42-32(31)39,20-18-25-12-6-4-7-13-25)21-19-26-14-8-5-9-15-26/h4-17,22-23,27,35,38H,3,18-21,24H2,1-2H3. The zero-order valence-corrected chi connectivity index (χ0v) is 25.3. The molecule has 3 aromatic carbocycles. The van der Waals surface area contributed by atoms with Crippen LogP contribution in [0.1, 0.15) is 55.2 Å². The normalized spacial score (nSPS) is 15.7. The third kappa shape index (κ3) is 6.58. The van der Waals surface area contributed by atoms with Gasteiger partial charge in [0.05, 0.1) is 11.3 Å². The molecule has 0 aliphatic carbocycles. The van der Waals surface area contributed by atoms with Gasteiger partial charge < -0.3 is 9.84 Å². The highest BCUT2D eigenvalue weighted by Gasteiger charge is 2.44. The number of ether oxygens (including phenoxy) is 1. The van der Waals surface area contributed by atoms with E-state index in [4.69, 9.17) is 4.74 Å². The Hall–Kier alpha value is -4.21. The van der Waals surface area contributed by atoms with E-state index >= 15 is 0 Å². The fourth-order valence-corrected chi connectivity index (χ4v) is 6.73. The quantitative estimate of drug-likeness (QED) is 0.192. The number of hydrogen-bond acceptors (Lipinski definition) is 6. The number of aliphatic hydroxyl groups is 1. The van der Waals surface area contributed by atoms with Crippen LogP contribution in [0.25, 0.3) is 5.69 Å². The van der Waals surface area contributed by atoms with Gasteiger partial charge >= 0.3 is 5.97 Å². The molecule has 1 atom stereocenters. The predicted molar refractivity (Wildman–Crippen MR) is 165 cm³/mol. The van der Waals surface area contributed by atoms with Gasteiger partial charge in [0.1, 0.15) is 11.4 Å². The molecule has 0 bridgehead atoms. The predicted octanol–water partition coefficient (Wildman–Crippen LogP) is 6.04. The summed E-state index contributed by atoms with van der Waals surface area (Å²) in [7, 11) is -2.52. The second-order valence-corrected chi connectivity index (χ2v) is 12.7. The van der Waals surface area contributed by atoms with Gasteiger partial charge in [0, 0.05) is 24.7 Å². The minimum absolute atomic E-state index is 0.0210. The van der Waals surface area contributed by atoms with Crippen molar-refractivity contribution in [2.24, 2.45) is 0 Å². The minimum Gasteiger partial charge on any atom is -0.512 e. The number of benzene rings is 3. The summed E-state index contributed by atoms with van der Waals surface area (Å²) in [6.07, 6.45) is 6.22. The lowest BCUT2D eigenvalue weighted by atomic mass is 9.79. The SMILES string of the molecule is CCC(C1=C(O)CC(CCc2ccccc2)(CCc2ccccc2)OC1=O)c1ccccc1-n1ccnc1S(=O)(=O)NC. The molecule has 2 N–H and O–H groups in total. The second kappa shape index (κ2) is 13.0. The summed E-state index contributed by atoms with van der Waals surface area (Å²) in [5.41, 5.74) is 2.86. The number of aromatic nitrogens is 2. The van der Waals surface area contributed by atoms with Crippen LogP contribution in [-0.4, -0.2) is 41.7 Å². The van der Waals surface area contributed by atoms with E-state index in [1.54, 1.807) is 18.3 Å². The summed E-state index contributed by atoms with van der Waals surface area (Å²) in [6.45, 7) is 1.93. The molecule has 0 spiro atoms. The summed E-state index contributed by atoms with van der Waals surface area (Å²) in [6, 6.07) is 27.4. The Kier molecular flexibility index (Phi) is 9.13. The molecule has 0 saturated carbocycles. The van der Waals surface area contributed by atoms with Crippen molar-refractivity contribution in [1.29, 1.82) is 0 Å². The molecule has 1 aliphatic heterocycles. The Balaban J connectivity index is 1.51. The number of nitrogens with zero attached hydrogens (tertiary/aromatic N) is 2. The lowest BCUT2D eigenvalue weighted by Crippen LogP contribution is -2.42. The zero-order valence-electron chi connectivity index (χ0n) is 24.4. The van der Waals surface area contributed by atoms with E-state index in [9.17, 15) is 18.3 Å². The average Bonchev–Trinajstić information content (AvgIpc) is 3.53. The molecule has 4 aromatic rings. The van der Waals surface area contributed by atoms with Crippen LogP contribution in [-0.2, 0) is 32.4 Å². The van der Waals surface area contributed by atoms with Gasteiger partial charge in [0.2, 0.25) is 5.16 Å². The lowest BCUT2D eigenvalue weighted by Gasteiger charge is -2.39. The molecule has 0 amide bonds. The molecular formula is C34H37N3O5S. The van der Waals surface area contributed by atoms with Gasteiger partial charge in [-0.15, -0.1) is 0 Å². The molecule has 8 nitrogen and oxygen atoms in total. The number of carbonyl (C=O) groups excluding carboxylic acids is 1. The van der Waals surface area contributed by atoms with E-state index in [0.29, 0.717) is 43.4 Å². The number of rotatable bonds is 12. The van der Waals surface area contributed by atoms with Gasteiger partial charge in [-0.05, 0) is 61.9 Å². The summed E-state index contributed by atoms with van der Waals surface area (Å²) >= 11 is 0. The second-order valence-electron chi connectivity index (χ2n) is 10.9. The van der Waals surface area contributed by atoms with Crippen molar-refractivity contribution < 1.29 is 23.1 Å². The number of carbonyl (C=O) groups is 1. The van der Waals surface area contributed by atoms with Gasteiger partial charge in [-0.1, -0.05) is 85.8 Å². The van der Waals surface area contributed by atoms with Crippen molar-refractivity contribution in [2.45, 2.75) is 62.1 Å². The van der Waals surface area contributed by atoms with Gasteiger partial charge in [0.25, 0.3) is 10.0 Å². The third-order valence-electron chi connectivity index (χ3n) is 8.20. The zero-order chi connectivity index (χ0) is 30.5. The van der Waals surface area contributed by atoms with Crippen LogP contribution < -0.4 is 4.72 Å². The third-order valence-corrected chi connectivity index (χ3v) is 9.52. The molecule has 5 rings (SSSR count). The molecule has 224 valence electrons. The van der Waals surface area contributed by atoms with Crippen LogP contribution in [0.5, 0.6) is 0 Å². The van der Waals surface area contributed by atoms with Crippen LogP contribution in [0, 0.1) is 0 Å². The highest BCUT2D eigenvalue weighted by Crippen LogP contribution is 2.43. The molecule has 2 heterocycles. The topological polar surface area (TPSA) is 111 Å². The maximum Gasteiger partial charge on any atom is 0.338 e. The highest BCUT2D eigenvalue weighted by molar-refractivity contribution is 7.89. The van der Waals surface area contributed by atoms with Crippen LogP contribution in [0.4, 0.5) is 0 Å². The van der Waals surface area contributed by atoms with Crippen LogP contribution in [0.15, 0.2) is 114 Å². The van der Waals surface area contributed by atoms with E-state index in [2.05, 4.69) is 34.0 Å². The maximum atomic E-state index is 13.9. The molecule has 0 fully saturated rings. The monoisotopic (exact) mass is 599 g/mol. The summed E-state index contributed by atoms with van der Waals surface area (Å²) in [5.74, 6) is -1.05. The number of imidazole rings is 1. The molecule has 9 heteroatoms. The van der Waals surface area contributed by atoms with Crippen molar-refractivity contribution in [3.63, 3.8) is 0 Å². The number of cyclic esters (lactones) is 1. The van der Waals surface area contributed by atoms with Gasteiger partial charge in [-0.25, -0.2) is 22.9 Å². The Labute approximate surface area is 253 Å². The first-order valence-corrected chi connectivity index (χ1v) is 16.0. The Morgan fingerprint density at radius 2 is 1.53 bits per heavy atom.